The maximum absolute atomic E-state index is 12.6. The third-order valence-electron chi connectivity index (χ3n) is 12.0. The van der Waals surface area contributed by atoms with E-state index < -0.39 is 18.1 Å². The van der Waals surface area contributed by atoms with Crippen LogP contribution in [-0.4, -0.2) is 83.7 Å². The molecule has 0 bridgehead atoms. The number of rotatable bonds is 15. The standard InChI is InChI=1S/3C19H23N5O2.CH3FS.3CH4/c3*1-11(2)24-16(10-13(4)22-24)18(25)20-14(5)19-21-17(23-26-19)15-8-6-7-12(3)9-15;1-3-2;;;/h3*6-11,14H,1-5H3,(H,20,25);1H3;3*1H4/t2*14-;;;;;/m10...../s1. The number of aromatic nitrogens is 12. The Morgan fingerprint density at radius 2 is 0.679 bits per heavy atom. The molecule has 1 unspecified atom stereocenters. The molecule has 84 heavy (non-hydrogen) atoms. The Labute approximate surface area is 497 Å². The first-order valence-electron chi connectivity index (χ1n) is 26.4. The predicted octanol–water partition coefficient (Wildman–Crippen LogP) is 14.0. The fraction of sp³-hybridized carbons (Fsp3) is 0.410. The fourth-order valence-electron chi connectivity index (χ4n) is 8.17. The van der Waals surface area contributed by atoms with E-state index in [0.717, 1.165) is 50.5 Å². The van der Waals surface area contributed by atoms with Crippen LogP contribution in [0.15, 0.2) is 105 Å². The van der Waals surface area contributed by atoms with Gasteiger partial charge >= 0.3 is 0 Å². The second kappa shape index (κ2) is 31.7. The molecule has 0 aliphatic rings. The summed E-state index contributed by atoms with van der Waals surface area (Å²) in [5.74, 6) is 1.95. The Balaban J connectivity index is 0.000000317. The van der Waals surface area contributed by atoms with Crippen LogP contribution in [0.3, 0.4) is 0 Å². The molecule has 9 aromatic rings. The Morgan fingerprint density at radius 3 is 0.893 bits per heavy atom. The highest BCUT2D eigenvalue weighted by molar-refractivity contribution is 7.93. The molecule has 6 aromatic heterocycles. The molecular formula is C61H84FN15O6S. The highest BCUT2D eigenvalue weighted by Gasteiger charge is 2.25. The van der Waals surface area contributed by atoms with Crippen LogP contribution in [0.2, 0.25) is 0 Å². The third-order valence-corrected chi connectivity index (χ3v) is 12.0. The summed E-state index contributed by atoms with van der Waals surface area (Å²) in [4.78, 5) is 51.1. The largest absolute Gasteiger partial charge is 0.339 e. The van der Waals surface area contributed by atoms with Crippen molar-refractivity contribution in [1.82, 2.24) is 75.7 Å². The molecule has 3 amide bonds. The number of halogens is 1. The predicted molar refractivity (Wildman–Crippen MR) is 328 cm³/mol. The van der Waals surface area contributed by atoms with Crippen molar-refractivity contribution in [2.24, 2.45) is 0 Å². The van der Waals surface area contributed by atoms with Crippen LogP contribution in [0.1, 0.15) is 204 Å². The minimum Gasteiger partial charge on any atom is -0.339 e. The lowest BCUT2D eigenvalue weighted by molar-refractivity contribution is 0.0912. The van der Waals surface area contributed by atoms with Gasteiger partial charge in [-0.3, -0.25) is 28.4 Å². The van der Waals surface area contributed by atoms with Gasteiger partial charge in [0.15, 0.2) is 0 Å². The van der Waals surface area contributed by atoms with Gasteiger partial charge in [0.2, 0.25) is 35.1 Å². The van der Waals surface area contributed by atoms with Gasteiger partial charge in [-0.25, -0.2) is 0 Å². The van der Waals surface area contributed by atoms with E-state index in [2.05, 4.69) is 61.7 Å². The van der Waals surface area contributed by atoms with Gasteiger partial charge in [0.25, 0.3) is 17.7 Å². The average molecular weight is 1170 g/mol. The first kappa shape index (κ1) is 69.7. The van der Waals surface area contributed by atoms with Crippen molar-refractivity contribution in [3.8, 4) is 34.2 Å². The van der Waals surface area contributed by atoms with E-state index in [1.807, 2.05) is 177 Å². The van der Waals surface area contributed by atoms with Crippen LogP contribution in [-0.2, 0) is 0 Å². The molecule has 9 rings (SSSR count). The van der Waals surface area contributed by atoms with Crippen molar-refractivity contribution in [2.75, 3.05) is 6.26 Å². The van der Waals surface area contributed by atoms with Crippen molar-refractivity contribution in [3.63, 3.8) is 0 Å². The third kappa shape index (κ3) is 18.5. The second-order valence-corrected chi connectivity index (χ2v) is 20.7. The summed E-state index contributed by atoms with van der Waals surface area (Å²) in [5, 5.41) is 33.9. The summed E-state index contributed by atoms with van der Waals surface area (Å²) >= 11 is 0.250. The number of carbonyl (C=O) groups excluding carboxylic acids is 3. The highest BCUT2D eigenvalue weighted by Crippen LogP contribution is 2.24. The van der Waals surface area contributed by atoms with Crippen LogP contribution in [0.5, 0.6) is 0 Å². The molecule has 23 heteroatoms. The number of aryl methyl sites for hydroxylation is 6. The van der Waals surface area contributed by atoms with Crippen LogP contribution in [0.4, 0.5) is 3.89 Å². The molecule has 0 spiro atoms. The number of amides is 3. The summed E-state index contributed by atoms with van der Waals surface area (Å²) in [6, 6.07) is 28.0. The van der Waals surface area contributed by atoms with Crippen molar-refractivity contribution in [2.45, 2.75) is 162 Å². The van der Waals surface area contributed by atoms with Crippen LogP contribution >= 0.6 is 12.1 Å². The number of hydrogen-bond donors (Lipinski definition) is 3. The quantitative estimate of drug-likeness (QED) is 0.0862. The zero-order valence-electron chi connectivity index (χ0n) is 48.7. The molecular weight excluding hydrogens is 1090 g/mol. The summed E-state index contributed by atoms with van der Waals surface area (Å²) in [6.07, 6.45) is 1.38. The minimum atomic E-state index is -0.413. The van der Waals surface area contributed by atoms with Gasteiger partial charge < -0.3 is 29.5 Å². The summed E-state index contributed by atoms with van der Waals surface area (Å²) < 4.78 is 31.4. The molecule has 0 saturated carbocycles. The number of nitrogens with one attached hydrogen (secondary N) is 3. The zero-order chi connectivity index (χ0) is 59.2. The smallest absolute Gasteiger partial charge is 0.270 e. The Kier molecular flexibility index (Phi) is 26.3. The molecule has 21 nitrogen and oxygen atoms in total. The van der Waals surface area contributed by atoms with E-state index in [-0.39, 0.29) is 70.3 Å². The van der Waals surface area contributed by atoms with Gasteiger partial charge in [0.05, 0.1) is 17.1 Å². The Hall–Kier alpha value is -8.60. The molecule has 452 valence electrons. The zero-order valence-corrected chi connectivity index (χ0v) is 49.5. The lowest BCUT2D eigenvalue weighted by Crippen LogP contribution is -2.29. The first-order valence-corrected chi connectivity index (χ1v) is 27.6. The topological polar surface area (TPSA) is 258 Å². The van der Waals surface area contributed by atoms with Gasteiger partial charge in [0.1, 0.15) is 35.2 Å². The second-order valence-electron chi connectivity index (χ2n) is 20.3. The minimum absolute atomic E-state index is 0. The van der Waals surface area contributed by atoms with E-state index >= 15 is 0 Å². The van der Waals surface area contributed by atoms with E-state index in [9.17, 15) is 18.3 Å². The van der Waals surface area contributed by atoms with E-state index in [1.54, 1.807) is 32.2 Å². The molecule has 6 heterocycles. The van der Waals surface area contributed by atoms with Crippen molar-refractivity contribution < 1.29 is 31.8 Å². The van der Waals surface area contributed by atoms with Crippen LogP contribution in [0.25, 0.3) is 34.2 Å². The average Bonchev–Trinajstić information content (AvgIpc) is 4.17. The highest BCUT2D eigenvalue weighted by atomic mass is 32.2. The maximum Gasteiger partial charge on any atom is 0.270 e. The molecule has 0 saturated heterocycles. The molecule has 0 aliphatic heterocycles. The fourth-order valence-corrected chi connectivity index (χ4v) is 8.17. The SMILES string of the molecule is C.C.C.CSF.Cc1cccc(-c2noc(C(C)NC(=O)c3cc(C)nn3C(C)C)n2)c1.Cc1cccc(-c2noc([C@@H](C)NC(=O)c3cc(C)nn3C(C)C)n2)c1.Cc1cccc(-c2noc([C@H](C)NC(=O)c3cc(C)nn3C(C)C)n2)c1. The van der Waals surface area contributed by atoms with Crippen LogP contribution in [0, 0.1) is 41.5 Å². The number of nitrogens with zero attached hydrogens (tertiary/aromatic N) is 12. The normalized spacial score (nSPS) is 11.7. The Morgan fingerprint density at radius 1 is 0.440 bits per heavy atom. The van der Waals surface area contributed by atoms with Gasteiger partial charge in [-0.2, -0.15) is 34.1 Å². The molecule has 0 aliphatic carbocycles. The van der Waals surface area contributed by atoms with Gasteiger partial charge in [-0.05, 0) is 140 Å². The number of hydrogen-bond acceptors (Lipinski definition) is 16. The van der Waals surface area contributed by atoms with E-state index in [1.165, 1.54) is 6.26 Å². The molecule has 3 atom stereocenters. The molecule has 3 aromatic carbocycles. The lowest BCUT2D eigenvalue weighted by atomic mass is 10.1. The maximum atomic E-state index is 12.6. The van der Waals surface area contributed by atoms with Crippen molar-refractivity contribution in [1.29, 1.82) is 0 Å². The molecule has 3 N–H and O–H groups in total. The summed E-state index contributed by atoms with van der Waals surface area (Å²) in [6.45, 7) is 29.0. The number of benzene rings is 3. The Bertz CT molecular complexity index is 3170. The lowest BCUT2D eigenvalue weighted by Gasteiger charge is -2.13. The summed E-state index contributed by atoms with van der Waals surface area (Å²) in [7, 11) is 0. The van der Waals surface area contributed by atoms with Gasteiger partial charge in [-0.1, -0.05) is 109 Å². The summed E-state index contributed by atoms with van der Waals surface area (Å²) in [5.41, 5.74) is 9.95. The van der Waals surface area contributed by atoms with Gasteiger partial charge in [0, 0.05) is 53.2 Å². The van der Waals surface area contributed by atoms with Crippen molar-refractivity contribution in [3.05, 3.63) is 160 Å². The van der Waals surface area contributed by atoms with Crippen LogP contribution < -0.4 is 16.0 Å². The first-order chi connectivity index (χ1) is 38.5. The van der Waals surface area contributed by atoms with E-state index in [0.29, 0.717) is 52.2 Å². The molecule has 0 fully saturated rings. The van der Waals surface area contributed by atoms with E-state index in [4.69, 9.17) is 13.6 Å². The van der Waals surface area contributed by atoms with Gasteiger partial charge in [-0.15, -0.1) is 0 Å². The number of carbonyl (C=O) groups is 3. The monoisotopic (exact) mass is 1170 g/mol. The molecule has 0 radical (unpaired) electrons. The van der Waals surface area contributed by atoms with Crippen molar-refractivity contribution >= 4 is 29.9 Å².